The predicted molar refractivity (Wildman–Crippen MR) is 77.4 cm³/mol. The first-order valence-corrected chi connectivity index (χ1v) is 7.47. The molecule has 116 valence electrons. The summed E-state index contributed by atoms with van der Waals surface area (Å²) in [5.41, 5.74) is 0.908. The second-order valence-corrected chi connectivity index (χ2v) is 6.55. The molecule has 2 saturated heterocycles. The van der Waals surface area contributed by atoms with E-state index in [1.807, 2.05) is 12.1 Å². The number of hydrogen-bond donors (Lipinski definition) is 1. The minimum Gasteiger partial charge on any atom is -0.434 e. The number of alkyl halides is 2. The summed E-state index contributed by atoms with van der Waals surface area (Å²) < 4.78 is 29.7. The molecular formula is C16H22F2N2O. The van der Waals surface area contributed by atoms with E-state index in [1.165, 1.54) is 0 Å². The predicted octanol–water partition coefficient (Wildman–Crippen LogP) is 2.72. The van der Waals surface area contributed by atoms with Crippen LogP contribution in [0.25, 0.3) is 0 Å². The molecule has 2 atom stereocenters. The largest absolute Gasteiger partial charge is 0.434 e. The van der Waals surface area contributed by atoms with Gasteiger partial charge in [0.1, 0.15) is 5.75 Å². The van der Waals surface area contributed by atoms with E-state index in [2.05, 4.69) is 28.8 Å². The van der Waals surface area contributed by atoms with Gasteiger partial charge in [-0.05, 0) is 38.3 Å². The molecule has 2 aliphatic rings. The van der Waals surface area contributed by atoms with Gasteiger partial charge in [-0.15, -0.1) is 0 Å². The van der Waals surface area contributed by atoms with Crippen molar-refractivity contribution >= 4 is 0 Å². The Morgan fingerprint density at radius 3 is 2.81 bits per heavy atom. The molecule has 2 heterocycles. The van der Waals surface area contributed by atoms with Gasteiger partial charge in [0.2, 0.25) is 0 Å². The average molecular weight is 296 g/mol. The first-order valence-electron chi connectivity index (χ1n) is 7.47. The normalized spacial score (nSPS) is 28.0. The van der Waals surface area contributed by atoms with Gasteiger partial charge in [0.05, 0.1) is 0 Å². The lowest BCUT2D eigenvalue weighted by molar-refractivity contribution is -0.0509. The van der Waals surface area contributed by atoms with Crippen LogP contribution in [-0.4, -0.2) is 36.7 Å². The third-order valence-corrected chi connectivity index (χ3v) is 5.07. The maximum absolute atomic E-state index is 12.5. The van der Waals surface area contributed by atoms with Crippen molar-refractivity contribution in [3.63, 3.8) is 0 Å². The molecule has 0 aliphatic carbocycles. The van der Waals surface area contributed by atoms with Crippen LogP contribution in [0.3, 0.4) is 0 Å². The molecule has 5 heteroatoms. The van der Waals surface area contributed by atoms with Crippen LogP contribution in [-0.2, 0) is 6.54 Å². The van der Waals surface area contributed by atoms with Crippen LogP contribution in [0.4, 0.5) is 8.78 Å². The van der Waals surface area contributed by atoms with Crippen molar-refractivity contribution in [1.82, 2.24) is 10.2 Å². The highest BCUT2D eigenvalue weighted by molar-refractivity contribution is 5.33. The molecule has 0 spiro atoms. The molecule has 2 fully saturated rings. The van der Waals surface area contributed by atoms with Crippen LogP contribution < -0.4 is 10.1 Å². The fraction of sp³-hybridized carbons (Fsp3) is 0.625. The molecule has 1 aromatic carbocycles. The zero-order chi connectivity index (χ0) is 15.0. The average Bonchev–Trinajstić information content (AvgIpc) is 2.95. The number of hydrogen-bond acceptors (Lipinski definition) is 3. The molecule has 1 N–H and O–H groups in total. The Kier molecular flexibility index (Phi) is 3.88. The van der Waals surface area contributed by atoms with E-state index in [4.69, 9.17) is 0 Å². The van der Waals surface area contributed by atoms with Gasteiger partial charge in [0.25, 0.3) is 0 Å². The van der Waals surface area contributed by atoms with Crippen molar-refractivity contribution < 1.29 is 13.5 Å². The summed E-state index contributed by atoms with van der Waals surface area (Å²) in [4.78, 5) is 2.40. The van der Waals surface area contributed by atoms with Gasteiger partial charge in [-0.1, -0.05) is 18.2 Å². The van der Waals surface area contributed by atoms with Crippen molar-refractivity contribution in [3.05, 3.63) is 29.8 Å². The number of ether oxygens (including phenoxy) is 1. The van der Waals surface area contributed by atoms with Crippen molar-refractivity contribution in [2.75, 3.05) is 19.6 Å². The van der Waals surface area contributed by atoms with E-state index >= 15 is 0 Å². The summed E-state index contributed by atoms with van der Waals surface area (Å²) in [6.45, 7) is 5.49. The number of para-hydroxylation sites is 1. The molecule has 0 aromatic heterocycles. The summed E-state index contributed by atoms with van der Waals surface area (Å²) in [6, 6.07) is 7.10. The van der Waals surface area contributed by atoms with Crippen molar-refractivity contribution in [2.24, 2.45) is 11.8 Å². The SMILES string of the molecule is CC1(C)C2CNCC2CN1Cc1ccccc1OC(F)F. The van der Waals surface area contributed by atoms with E-state index in [1.54, 1.807) is 12.1 Å². The second kappa shape index (κ2) is 5.54. The van der Waals surface area contributed by atoms with Gasteiger partial charge < -0.3 is 10.1 Å². The van der Waals surface area contributed by atoms with Gasteiger partial charge in [0.15, 0.2) is 0 Å². The minimum absolute atomic E-state index is 0.0755. The first kappa shape index (κ1) is 14.7. The molecule has 21 heavy (non-hydrogen) atoms. The van der Waals surface area contributed by atoms with Crippen LogP contribution in [0.2, 0.25) is 0 Å². The van der Waals surface area contributed by atoms with Gasteiger partial charge in [-0.2, -0.15) is 8.78 Å². The smallest absolute Gasteiger partial charge is 0.387 e. The number of nitrogens with zero attached hydrogens (tertiary/aromatic N) is 1. The summed E-state index contributed by atoms with van der Waals surface area (Å²) in [5.74, 6) is 1.57. The maximum atomic E-state index is 12.5. The Bertz CT molecular complexity index is 507. The van der Waals surface area contributed by atoms with E-state index in [0.29, 0.717) is 24.1 Å². The van der Waals surface area contributed by atoms with Crippen LogP contribution in [0.1, 0.15) is 19.4 Å². The lowest BCUT2D eigenvalue weighted by Crippen LogP contribution is -2.43. The fourth-order valence-electron chi connectivity index (χ4n) is 3.82. The van der Waals surface area contributed by atoms with Gasteiger partial charge in [0, 0.05) is 30.7 Å². The van der Waals surface area contributed by atoms with Crippen LogP contribution >= 0.6 is 0 Å². The fourth-order valence-corrected chi connectivity index (χ4v) is 3.82. The molecule has 1 aromatic rings. The van der Waals surface area contributed by atoms with Crippen molar-refractivity contribution in [3.8, 4) is 5.75 Å². The molecule has 2 aliphatic heterocycles. The maximum Gasteiger partial charge on any atom is 0.387 e. The van der Waals surface area contributed by atoms with Crippen molar-refractivity contribution in [2.45, 2.75) is 32.5 Å². The first-order chi connectivity index (χ1) is 9.98. The Morgan fingerprint density at radius 1 is 1.33 bits per heavy atom. The quantitative estimate of drug-likeness (QED) is 0.924. The van der Waals surface area contributed by atoms with Gasteiger partial charge >= 0.3 is 6.61 Å². The monoisotopic (exact) mass is 296 g/mol. The number of fused-ring (bicyclic) bond motifs is 1. The molecule has 0 amide bonds. The molecular weight excluding hydrogens is 274 g/mol. The molecule has 0 radical (unpaired) electrons. The number of halogens is 2. The molecule has 3 rings (SSSR count). The summed E-state index contributed by atoms with van der Waals surface area (Å²) in [5, 5.41) is 3.45. The van der Waals surface area contributed by atoms with E-state index in [-0.39, 0.29) is 5.54 Å². The Balaban J connectivity index is 1.78. The van der Waals surface area contributed by atoms with Crippen LogP contribution in [0.5, 0.6) is 5.75 Å². The highest BCUT2D eigenvalue weighted by Crippen LogP contribution is 2.41. The molecule has 3 nitrogen and oxygen atoms in total. The third kappa shape index (κ3) is 2.77. The number of likely N-dealkylation sites (tertiary alicyclic amines) is 1. The molecule has 0 bridgehead atoms. The van der Waals surface area contributed by atoms with Gasteiger partial charge in [-0.3, -0.25) is 4.90 Å². The molecule has 2 unspecified atom stereocenters. The zero-order valence-corrected chi connectivity index (χ0v) is 12.5. The number of rotatable bonds is 4. The van der Waals surface area contributed by atoms with E-state index in [0.717, 1.165) is 25.2 Å². The minimum atomic E-state index is -2.78. The number of nitrogens with one attached hydrogen (secondary N) is 1. The summed E-state index contributed by atoms with van der Waals surface area (Å²) >= 11 is 0. The standard InChI is InChI=1S/C16H22F2N2O/c1-16(2)13-8-19-7-12(13)10-20(16)9-11-5-3-4-6-14(11)21-15(17)18/h3-6,12-13,15,19H,7-10H2,1-2H3. The van der Waals surface area contributed by atoms with Crippen LogP contribution in [0.15, 0.2) is 24.3 Å². The highest BCUT2D eigenvalue weighted by Gasteiger charge is 2.49. The van der Waals surface area contributed by atoms with E-state index < -0.39 is 6.61 Å². The zero-order valence-electron chi connectivity index (χ0n) is 12.5. The Morgan fingerprint density at radius 2 is 2.10 bits per heavy atom. The second-order valence-electron chi connectivity index (χ2n) is 6.55. The summed E-state index contributed by atoms with van der Waals surface area (Å²) in [7, 11) is 0. The van der Waals surface area contributed by atoms with Crippen LogP contribution in [0, 0.1) is 11.8 Å². The third-order valence-electron chi connectivity index (χ3n) is 5.07. The Hall–Kier alpha value is -1.20. The van der Waals surface area contributed by atoms with Crippen molar-refractivity contribution in [1.29, 1.82) is 0 Å². The highest BCUT2D eigenvalue weighted by atomic mass is 19.3. The Labute approximate surface area is 124 Å². The number of benzene rings is 1. The summed E-state index contributed by atoms with van der Waals surface area (Å²) in [6.07, 6.45) is 0. The lowest BCUT2D eigenvalue weighted by Gasteiger charge is -2.36. The lowest BCUT2D eigenvalue weighted by atomic mass is 9.85. The van der Waals surface area contributed by atoms with E-state index in [9.17, 15) is 8.78 Å². The topological polar surface area (TPSA) is 24.5 Å². The van der Waals surface area contributed by atoms with Gasteiger partial charge in [-0.25, -0.2) is 0 Å². The molecule has 0 saturated carbocycles.